The van der Waals surface area contributed by atoms with Gasteiger partial charge in [-0.1, -0.05) is 18.2 Å². The third kappa shape index (κ3) is 3.22. The number of aliphatic hydroxyl groups excluding tert-OH is 3. The summed E-state index contributed by atoms with van der Waals surface area (Å²) < 4.78 is 31.1. The molecular formula is C15H18N4O6S. The minimum atomic E-state index is -4.05. The second-order valence-electron chi connectivity index (χ2n) is 5.66. The number of benzene rings is 1. The summed E-state index contributed by atoms with van der Waals surface area (Å²) in [5, 5.41) is 31.6. The first-order valence-corrected chi connectivity index (χ1v) is 9.14. The Balaban J connectivity index is 1.99. The highest BCUT2D eigenvalue weighted by Gasteiger charge is 2.43. The lowest BCUT2D eigenvalue weighted by atomic mass is 10.1. The third-order valence-corrected chi connectivity index (χ3v) is 5.81. The summed E-state index contributed by atoms with van der Waals surface area (Å²) >= 11 is 0. The van der Waals surface area contributed by atoms with Gasteiger partial charge in [-0.2, -0.15) is 0 Å². The van der Waals surface area contributed by atoms with Crippen LogP contribution < -0.4 is 11.1 Å². The molecule has 0 bridgehead atoms. The van der Waals surface area contributed by atoms with Crippen LogP contribution in [-0.4, -0.2) is 64.9 Å². The number of aromatic nitrogens is 2. The highest BCUT2D eigenvalue weighted by Crippen LogP contribution is 2.31. The van der Waals surface area contributed by atoms with Gasteiger partial charge in [0.25, 0.3) is 0 Å². The fourth-order valence-corrected chi connectivity index (χ4v) is 4.07. The Labute approximate surface area is 149 Å². The molecule has 1 saturated heterocycles. The summed E-state index contributed by atoms with van der Waals surface area (Å²) in [4.78, 5) is 7.23. The Kier molecular flexibility index (Phi) is 5.07. The summed E-state index contributed by atoms with van der Waals surface area (Å²) in [6.07, 6.45) is -3.90. The van der Waals surface area contributed by atoms with E-state index in [1.807, 2.05) is 0 Å². The maximum absolute atomic E-state index is 12.9. The van der Waals surface area contributed by atoms with E-state index in [2.05, 4.69) is 15.3 Å². The zero-order chi connectivity index (χ0) is 18.9. The highest BCUT2D eigenvalue weighted by atomic mass is 32.2. The van der Waals surface area contributed by atoms with Crippen LogP contribution in [0.3, 0.4) is 0 Å². The van der Waals surface area contributed by atoms with E-state index in [1.165, 1.54) is 12.1 Å². The van der Waals surface area contributed by atoms with E-state index in [-0.39, 0.29) is 21.4 Å². The van der Waals surface area contributed by atoms with Gasteiger partial charge in [-0.25, -0.2) is 18.4 Å². The van der Waals surface area contributed by atoms with Gasteiger partial charge < -0.3 is 31.1 Å². The Morgan fingerprint density at radius 3 is 2.46 bits per heavy atom. The average molecular weight is 382 g/mol. The summed E-state index contributed by atoms with van der Waals surface area (Å²) in [7, 11) is -4.05. The van der Waals surface area contributed by atoms with E-state index in [0.29, 0.717) is 0 Å². The number of anilines is 2. The highest BCUT2D eigenvalue weighted by molar-refractivity contribution is 7.91. The molecule has 0 saturated carbocycles. The van der Waals surface area contributed by atoms with Gasteiger partial charge in [0.1, 0.15) is 30.5 Å². The molecule has 1 aromatic heterocycles. The van der Waals surface area contributed by atoms with Crippen LogP contribution in [0, 0.1) is 0 Å². The van der Waals surface area contributed by atoms with Gasteiger partial charge in [-0.3, -0.25) is 0 Å². The van der Waals surface area contributed by atoms with E-state index >= 15 is 0 Å². The van der Waals surface area contributed by atoms with Gasteiger partial charge in [-0.15, -0.1) is 0 Å². The number of aliphatic hydroxyl groups is 3. The van der Waals surface area contributed by atoms with Crippen molar-refractivity contribution in [1.82, 2.24) is 9.97 Å². The SMILES string of the molecule is Nc1ncnc(N[C@@H]2O[C@H](CO)[C@@H](O)[C@H]2O)c1S(=O)(=O)c1ccccc1. The maximum Gasteiger partial charge on any atom is 0.213 e. The van der Waals surface area contributed by atoms with Crippen LogP contribution in [0.15, 0.2) is 46.5 Å². The van der Waals surface area contributed by atoms with Crippen LogP contribution in [0.1, 0.15) is 0 Å². The molecule has 140 valence electrons. The van der Waals surface area contributed by atoms with Crippen molar-refractivity contribution in [1.29, 1.82) is 0 Å². The summed E-state index contributed by atoms with van der Waals surface area (Å²) in [6.45, 7) is -0.516. The van der Waals surface area contributed by atoms with Crippen LogP contribution >= 0.6 is 0 Å². The standard InChI is InChI=1S/C15H18N4O6S/c16-13-12(26(23,24)8-4-2-1-3-5-8)14(18-7-17-13)19-15-11(22)10(21)9(6-20)25-15/h1-5,7,9-11,15,20-22H,6H2,(H3,16,17,18,19)/t9-,10-,11-,15-/m1/s1. The van der Waals surface area contributed by atoms with Gasteiger partial charge in [0, 0.05) is 0 Å². The second kappa shape index (κ2) is 7.13. The maximum atomic E-state index is 12.9. The molecule has 2 heterocycles. The number of nitrogen functional groups attached to an aromatic ring is 1. The van der Waals surface area contributed by atoms with E-state index in [0.717, 1.165) is 6.33 Å². The molecule has 0 amide bonds. The first-order valence-electron chi connectivity index (χ1n) is 7.66. The normalized spacial score (nSPS) is 26.0. The molecule has 1 aliphatic heterocycles. The molecule has 0 radical (unpaired) electrons. The van der Waals surface area contributed by atoms with Gasteiger partial charge in [0.15, 0.2) is 16.9 Å². The zero-order valence-electron chi connectivity index (χ0n) is 13.4. The first-order chi connectivity index (χ1) is 12.4. The molecule has 1 aromatic carbocycles. The van der Waals surface area contributed by atoms with Crippen LogP contribution in [0.5, 0.6) is 0 Å². The third-order valence-electron chi connectivity index (χ3n) is 3.97. The van der Waals surface area contributed by atoms with E-state index in [1.54, 1.807) is 18.2 Å². The molecule has 26 heavy (non-hydrogen) atoms. The van der Waals surface area contributed by atoms with Crippen LogP contribution in [0.25, 0.3) is 0 Å². The molecule has 6 N–H and O–H groups in total. The number of nitrogens with one attached hydrogen (secondary N) is 1. The van der Waals surface area contributed by atoms with Crippen molar-refractivity contribution in [3.63, 3.8) is 0 Å². The molecule has 11 heteroatoms. The fourth-order valence-electron chi connectivity index (χ4n) is 2.63. The quantitative estimate of drug-likeness (QED) is 0.421. The summed E-state index contributed by atoms with van der Waals surface area (Å²) in [6, 6.07) is 7.59. The van der Waals surface area contributed by atoms with E-state index in [9.17, 15) is 18.6 Å². The summed E-state index contributed by atoms with van der Waals surface area (Å²) in [5.74, 6) is -0.464. The second-order valence-corrected chi connectivity index (χ2v) is 7.54. The number of rotatable bonds is 5. The number of hydrogen-bond acceptors (Lipinski definition) is 10. The molecule has 1 fully saturated rings. The number of hydrogen-bond donors (Lipinski definition) is 5. The summed E-state index contributed by atoms with van der Waals surface area (Å²) in [5.41, 5.74) is 5.77. The molecular weight excluding hydrogens is 364 g/mol. The Bertz CT molecular complexity index is 879. The number of sulfone groups is 1. The lowest BCUT2D eigenvalue weighted by molar-refractivity contribution is -0.0154. The Hall–Kier alpha value is -2.31. The molecule has 0 spiro atoms. The van der Waals surface area contributed by atoms with Crippen molar-refractivity contribution < 1.29 is 28.5 Å². The van der Waals surface area contributed by atoms with Gasteiger partial charge >= 0.3 is 0 Å². The Morgan fingerprint density at radius 1 is 1.15 bits per heavy atom. The van der Waals surface area contributed by atoms with Gasteiger partial charge in [0.05, 0.1) is 11.5 Å². The van der Waals surface area contributed by atoms with Crippen LogP contribution in [0.4, 0.5) is 11.6 Å². The smallest absolute Gasteiger partial charge is 0.213 e. The lowest BCUT2D eigenvalue weighted by Crippen LogP contribution is -2.37. The molecule has 3 rings (SSSR count). The zero-order valence-corrected chi connectivity index (χ0v) is 14.2. The molecule has 0 unspecified atom stereocenters. The first kappa shape index (κ1) is 18.5. The van der Waals surface area contributed by atoms with Crippen molar-refractivity contribution in [3.8, 4) is 0 Å². The number of nitrogens with two attached hydrogens (primary N) is 1. The molecule has 10 nitrogen and oxygen atoms in total. The fraction of sp³-hybridized carbons (Fsp3) is 0.333. The minimum absolute atomic E-state index is 0.00860. The van der Waals surface area contributed by atoms with Crippen molar-refractivity contribution in [2.75, 3.05) is 17.7 Å². The van der Waals surface area contributed by atoms with Crippen LogP contribution in [-0.2, 0) is 14.6 Å². The monoisotopic (exact) mass is 382 g/mol. The van der Waals surface area contributed by atoms with Crippen LogP contribution in [0.2, 0.25) is 0 Å². The lowest BCUT2D eigenvalue weighted by Gasteiger charge is -2.19. The van der Waals surface area contributed by atoms with Crippen molar-refractivity contribution >= 4 is 21.5 Å². The topological polar surface area (TPSA) is 168 Å². The largest absolute Gasteiger partial charge is 0.394 e. The van der Waals surface area contributed by atoms with E-state index in [4.69, 9.17) is 15.6 Å². The van der Waals surface area contributed by atoms with Crippen molar-refractivity contribution in [3.05, 3.63) is 36.7 Å². The predicted molar refractivity (Wildman–Crippen MR) is 89.7 cm³/mol. The average Bonchev–Trinajstić information content (AvgIpc) is 2.90. The van der Waals surface area contributed by atoms with Gasteiger partial charge in [0.2, 0.25) is 9.84 Å². The minimum Gasteiger partial charge on any atom is -0.394 e. The molecule has 2 aromatic rings. The number of nitrogens with zero attached hydrogens (tertiary/aromatic N) is 2. The van der Waals surface area contributed by atoms with Crippen molar-refractivity contribution in [2.24, 2.45) is 0 Å². The Morgan fingerprint density at radius 2 is 1.85 bits per heavy atom. The molecule has 0 aliphatic carbocycles. The number of ether oxygens (including phenoxy) is 1. The van der Waals surface area contributed by atoms with E-state index < -0.39 is 41.0 Å². The molecule has 4 atom stereocenters. The van der Waals surface area contributed by atoms with Crippen molar-refractivity contribution in [2.45, 2.75) is 34.3 Å². The molecule has 1 aliphatic rings. The van der Waals surface area contributed by atoms with Gasteiger partial charge in [-0.05, 0) is 12.1 Å². The predicted octanol–water partition coefficient (Wildman–Crippen LogP) is -1.26.